The lowest BCUT2D eigenvalue weighted by Gasteiger charge is -2.40. The molecule has 1 aromatic heterocycles. The van der Waals surface area contributed by atoms with Crippen molar-refractivity contribution in [2.24, 2.45) is 17.8 Å². The second-order valence-corrected chi connectivity index (χ2v) is 9.59. The van der Waals surface area contributed by atoms with Gasteiger partial charge in [0.2, 0.25) is 0 Å². The van der Waals surface area contributed by atoms with Crippen molar-refractivity contribution in [3.05, 3.63) is 36.0 Å². The SMILES string of the molecule is CC(C)(C)OC(=O)CC1CC(C2CC2)CN(c2ccc(C=O)c3ncccc23)C1. The van der Waals surface area contributed by atoms with E-state index >= 15 is 0 Å². The van der Waals surface area contributed by atoms with Crippen molar-refractivity contribution in [3.63, 3.8) is 0 Å². The number of rotatable bonds is 5. The van der Waals surface area contributed by atoms with E-state index in [2.05, 4.69) is 9.88 Å². The van der Waals surface area contributed by atoms with Crippen LogP contribution in [0.2, 0.25) is 0 Å². The van der Waals surface area contributed by atoms with E-state index in [1.807, 2.05) is 45.0 Å². The number of benzene rings is 1. The Hall–Kier alpha value is -2.43. The first-order chi connectivity index (χ1) is 13.8. The quantitative estimate of drug-likeness (QED) is 0.546. The number of piperidine rings is 1. The van der Waals surface area contributed by atoms with E-state index in [0.29, 0.717) is 17.9 Å². The van der Waals surface area contributed by atoms with Gasteiger partial charge in [0.25, 0.3) is 0 Å². The van der Waals surface area contributed by atoms with Crippen molar-refractivity contribution in [1.29, 1.82) is 0 Å². The Bertz CT molecular complexity index is 914. The summed E-state index contributed by atoms with van der Waals surface area (Å²) in [5.74, 6) is 1.55. The molecule has 29 heavy (non-hydrogen) atoms. The fourth-order valence-corrected chi connectivity index (χ4v) is 4.67. The topological polar surface area (TPSA) is 59.5 Å². The number of anilines is 1. The van der Waals surface area contributed by atoms with Crippen LogP contribution in [0.5, 0.6) is 0 Å². The molecule has 2 fully saturated rings. The Morgan fingerprint density at radius 2 is 2.00 bits per heavy atom. The highest BCUT2D eigenvalue weighted by Crippen LogP contribution is 2.44. The summed E-state index contributed by atoms with van der Waals surface area (Å²) in [5, 5.41) is 1.00. The molecule has 1 saturated carbocycles. The predicted molar refractivity (Wildman–Crippen MR) is 114 cm³/mol. The molecule has 1 aromatic carbocycles. The summed E-state index contributed by atoms with van der Waals surface area (Å²) in [6.45, 7) is 7.57. The van der Waals surface area contributed by atoms with E-state index in [9.17, 15) is 9.59 Å². The van der Waals surface area contributed by atoms with Gasteiger partial charge in [0, 0.05) is 35.9 Å². The van der Waals surface area contributed by atoms with Crippen molar-refractivity contribution in [2.45, 2.75) is 52.1 Å². The first kappa shape index (κ1) is 19.9. The third kappa shape index (κ3) is 4.60. The van der Waals surface area contributed by atoms with E-state index in [1.165, 1.54) is 12.8 Å². The summed E-state index contributed by atoms with van der Waals surface area (Å²) < 4.78 is 5.59. The molecule has 0 bridgehead atoms. The van der Waals surface area contributed by atoms with Crippen LogP contribution in [0.3, 0.4) is 0 Å². The van der Waals surface area contributed by atoms with Crippen molar-refractivity contribution in [1.82, 2.24) is 4.98 Å². The fourth-order valence-electron chi connectivity index (χ4n) is 4.67. The molecule has 154 valence electrons. The van der Waals surface area contributed by atoms with Gasteiger partial charge in [-0.15, -0.1) is 0 Å². The summed E-state index contributed by atoms with van der Waals surface area (Å²) in [6, 6.07) is 7.85. The average molecular weight is 395 g/mol. The third-order valence-electron chi connectivity index (χ3n) is 5.98. The Morgan fingerprint density at radius 3 is 2.69 bits per heavy atom. The number of ether oxygens (including phenoxy) is 1. The van der Waals surface area contributed by atoms with Crippen LogP contribution in [-0.4, -0.2) is 35.9 Å². The number of carbonyl (C=O) groups excluding carboxylic acids is 2. The molecule has 5 nitrogen and oxygen atoms in total. The van der Waals surface area contributed by atoms with Crippen molar-refractivity contribution in [2.75, 3.05) is 18.0 Å². The van der Waals surface area contributed by atoms with Gasteiger partial charge >= 0.3 is 5.97 Å². The molecule has 2 aromatic rings. The highest BCUT2D eigenvalue weighted by molar-refractivity contribution is 6.01. The Labute approximate surface area is 172 Å². The Kier molecular flexibility index (Phi) is 5.32. The van der Waals surface area contributed by atoms with Gasteiger partial charge in [-0.3, -0.25) is 14.6 Å². The highest BCUT2D eigenvalue weighted by Gasteiger charge is 2.38. The number of fused-ring (bicyclic) bond motifs is 1. The van der Waals surface area contributed by atoms with E-state index in [1.54, 1.807) is 6.20 Å². The molecule has 2 atom stereocenters. The van der Waals surface area contributed by atoms with Gasteiger partial charge < -0.3 is 9.64 Å². The van der Waals surface area contributed by atoms with E-state index in [4.69, 9.17) is 4.74 Å². The van der Waals surface area contributed by atoms with E-state index < -0.39 is 5.60 Å². The van der Waals surface area contributed by atoms with Gasteiger partial charge in [0.1, 0.15) is 5.60 Å². The first-order valence-corrected chi connectivity index (χ1v) is 10.6. The van der Waals surface area contributed by atoms with Gasteiger partial charge in [-0.2, -0.15) is 0 Å². The summed E-state index contributed by atoms with van der Waals surface area (Å²) in [7, 11) is 0. The van der Waals surface area contributed by atoms with E-state index in [-0.39, 0.29) is 11.9 Å². The van der Waals surface area contributed by atoms with Crippen LogP contribution in [0.25, 0.3) is 10.9 Å². The molecule has 0 amide bonds. The standard InChI is InChI=1S/C24H30N2O3/c1-24(2,3)29-22(28)12-16-11-19(17-6-7-17)14-26(13-16)21-9-8-18(15-27)23-20(21)5-4-10-25-23/h4-5,8-10,15-17,19H,6-7,11-14H2,1-3H3. The maximum atomic E-state index is 12.5. The monoisotopic (exact) mass is 394 g/mol. The van der Waals surface area contributed by atoms with Gasteiger partial charge in [-0.1, -0.05) is 0 Å². The summed E-state index contributed by atoms with van der Waals surface area (Å²) >= 11 is 0. The molecular weight excluding hydrogens is 364 g/mol. The molecule has 5 heteroatoms. The lowest BCUT2D eigenvalue weighted by molar-refractivity contribution is -0.156. The second-order valence-electron chi connectivity index (χ2n) is 9.59. The molecule has 4 rings (SSSR count). The lowest BCUT2D eigenvalue weighted by Crippen LogP contribution is -2.42. The van der Waals surface area contributed by atoms with Crippen molar-refractivity contribution in [3.8, 4) is 0 Å². The number of nitrogens with zero attached hydrogens (tertiary/aromatic N) is 2. The average Bonchev–Trinajstić information content (AvgIpc) is 3.50. The van der Waals surface area contributed by atoms with Crippen LogP contribution in [0.1, 0.15) is 56.8 Å². The van der Waals surface area contributed by atoms with Crippen molar-refractivity contribution >= 4 is 28.8 Å². The number of hydrogen-bond acceptors (Lipinski definition) is 5. The normalized spacial score (nSPS) is 22.5. The van der Waals surface area contributed by atoms with Crippen LogP contribution >= 0.6 is 0 Å². The maximum absolute atomic E-state index is 12.5. The van der Waals surface area contributed by atoms with Crippen LogP contribution in [-0.2, 0) is 9.53 Å². The molecule has 0 N–H and O–H groups in total. The zero-order chi connectivity index (χ0) is 20.6. The molecule has 1 saturated heterocycles. The first-order valence-electron chi connectivity index (χ1n) is 10.6. The number of hydrogen-bond donors (Lipinski definition) is 0. The number of esters is 1. The molecule has 1 aliphatic heterocycles. The third-order valence-corrected chi connectivity index (χ3v) is 5.98. The van der Waals surface area contributed by atoms with Crippen LogP contribution in [0.15, 0.2) is 30.5 Å². The number of aromatic nitrogens is 1. The Balaban J connectivity index is 1.60. The number of aldehydes is 1. The van der Waals surface area contributed by atoms with Gasteiger partial charge in [0.15, 0.2) is 6.29 Å². The number of carbonyl (C=O) groups is 2. The van der Waals surface area contributed by atoms with E-state index in [0.717, 1.165) is 48.3 Å². The largest absolute Gasteiger partial charge is 0.460 e. The van der Waals surface area contributed by atoms with Crippen molar-refractivity contribution < 1.29 is 14.3 Å². The minimum atomic E-state index is -0.451. The lowest BCUT2D eigenvalue weighted by atomic mass is 9.84. The maximum Gasteiger partial charge on any atom is 0.306 e. The fraction of sp³-hybridized carbons (Fsp3) is 0.542. The summed E-state index contributed by atoms with van der Waals surface area (Å²) in [4.78, 5) is 30.8. The summed E-state index contributed by atoms with van der Waals surface area (Å²) in [5.41, 5.74) is 2.02. The number of pyridine rings is 1. The van der Waals surface area contributed by atoms with Gasteiger partial charge in [-0.05, 0) is 82.1 Å². The smallest absolute Gasteiger partial charge is 0.306 e. The Morgan fingerprint density at radius 1 is 1.21 bits per heavy atom. The minimum absolute atomic E-state index is 0.110. The molecule has 0 spiro atoms. The molecule has 2 aliphatic rings. The van der Waals surface area contributed by atoms with Crippen LogP contribution < -0.4 is 4.90 Å². The molecule has 2 unspecified atom stereocenters. The molecular formula is C24H30N2O3. The highest BCUT2D eigenvalue weighted by atomic mass is 16.6. The predicted octanol–water partition coefficient (Wildman–Crippen LogP) is 4.63. The van der Waals surface area contributed by atoms with Crippen LogP contribution in [0.4, 0.5) is 5.69 Å². The molecule has 0 radical (unpaired) electrons. The zero-order valence-electron chi connectivity index (χ0n) is 17.6. The summed E-state index contributed by atoms with van der Waals surface area (Å²) in [6.07, 6.45) is 6.73. The zero-order valence-corrected chi connectivity index (χ0v) is 17.6. The van der Waals surface area contributed by atoms with Gasteiger partial charge in [0.05, 0.1) is 11.9 Å². The van der Waals surface area contributed by atoms with Crippen LogP contribution in [0, 0.1) is 17.8 Å². The van der Waals surface area contributed by atoms with Gasteiger partial charge in [-0.25, -0.2) is 0 Å². The minimum Gasteiger partial charge on any atom is -0.460 e. The second kappa shape index (κ2) is 7.77. The molecule has 1 aliphatic carbocycles. The molecule has 2 heterocycles.